The van der Waals surface area contributed by atoms with Crippen LogP contribution in [0.2, 0.25) is 0 Å². The predicted octanol–water partition coefficient (Wildman–Crippen LogP) is 1.92. The highest BCUT2D eigenvalue weighted by Gasteiger charge is 2.10. The molecule has 0 radical (unpaired) electrons. The van der Waals surface area contributed by atoms with E-state index in [2.05, 4.69) is 15.9 Å². The molecule has 2 N–H and O–H groups in total. The van der Waals surface area contributed by atoms with Gasteiger partial charge in [0.15, 0.2) is 0 Å². The quantitative estimate of drug-likeness (QED) is 0.886. The van der Waals surface area contributed by atoms with Crippen LogP contribution in [0.3, 0.4) is 0 Å². The van der Waals surface area contributed by atoms with Gasteiger partial charge in [-0.15, -0.1) is 0 Å². The monoisotopic (exact) mass is 245 g/mol. The number of hydrogen-bond acceptors (Lipinski definition) is 3. The summed E-state index contributed by atoms with van der Waals surface area (Å²) in [4.78, 5) is 0. The van der Waals surface area contributed by atoms with E-state index in [1.165, 1.54) is 0 Å². The second kappa shape index (κ2) is 4.48. The zero-order chi connectivity index (χ0) is 9.84. The summed E-state index contributed by atoms with van der Waals surface area (Å²) in [5.41, 5.74) is 6.50. The van der Waals surface area contributed by atoms with Crippen LogP contribution in [0.5, 0.6) is 11.5 Å². The Morgan fingerprint density at radius 1 is 1.31 bits per heavy atom. The SMILES string of the molecule is COc1ccc(CN)c(OC)c1Br. The molecule has 0 saturated heterocycles. The molecule has 0 fully saturated rings. The molecule has 72 valence electrons. The summed E-state index contributed by atoms with van der Waals surface area (Å²) in [6, 6.07) is 3.75. The van der Waals surface area contributed by atoms with Gasteiger partial charge < -0.3 is 15.2 Å². The fourth-order valence-electron chi connectivity index (χ4n) is 1.12. The average Bonchev–Trinajstić information content (AvgIpc) is 2.17. The third-order valence-corrected chi connectivity index (χ3v) is 2.54. The maximum Gasteiger partial charge on any atom is 0.141 e. The molecule has 0 saturated carbocycles. The molecule has 13 heavy (non-hydrogen) atoms. The normalized spacial score (nSPS) is 9.85. The summed E-state index contributed by atoms with van der Waals surface area (Å²) >= 11 is 3.39. The average molecular weight is 246 g/mol. The molecule has 4 heteroatoms. The molecule has 0 unspecified atom stereocenters. The molecule has 0 aliphatic carbocycles. The number of methoxy groups -OCH3 is 2. The van der Waals surface area contributed by atoms with Crippen molar-refractivity contribution in [3.63, 3.8) is 0 Å². The second-order valence-corrected chi connectivity index (χ2v) is 3.27. The first kappa shape index (κ1) is 10.3. The predicted molar refractivity (Wildman–Crippen MR) is 55.1 cm³/mol. The number of benzene rings is 1. The van der Waals surface area contributed by atoms with Crippen molar-refractivity contribution in [1.82, 2.24) is 0 Å². The van der Waals surface area contributed by atoms with Crippen molar-refractivity contribution in [1.29, 1.82) is 0 Å². The van der Waals surface area contributed by atoms with E-state index in [1.54, 1.807) is 14.2 Å². The summed E-state index contributed by atoms with van der Waals surface area (Å²) in [5.74, 6) is 1.48. The summed E-state index contributed by atoms with van der Waals surface area (Å²) in [6.45, 7) is 0.450. The number of hydrogen-bond donors (Lipinski definition) is 1. The Hall–Kier alpha value is -0.740. The van der Waals surface area contributed by atoms with Gasteiger partial charge in [-0.2, -0.15) is 0 Å². The minimum Gasteiger partial charge on any atom is -0.495 e. The Bertz CT molecular complexity index is 302. The van der Waals surface area contributed by atoms with Crippen molar-refractivity contribution in [3.8, 4) is 11.5 Å². The topological polar surface area (TPSA) is 44.5 Å². The van der Waals surface area contributed by atoms with Crippen LogP contribution in [0, 0.1) is 0 Å². The van der Waals surface area contributed by atoms with Crippen LogP contribution in [0.4, 0.5) is 0 Å². The number of ether oxygens (including phenoxy) is 2. The van der Waals surface area contributed by atoms with Crippen LogP contribution in [0.1, 0.15) is 5.56 Å². The van der Waals surface area contributed by atoms with Crippen molar-refractivity contribution in [3.05, 3.63) is 22.2 Å². The lowest BCUT2D eigenvalue weighted by Gasteiger charge is -2.11. The Labute approximate surface area is 86.0 Å². The molecular formula is C9H12BrNO2. The molecule has 1 rings (SSSR count). The third kappa shape index (κ3) is 1.95. The van der Waals surface area contributed by atoms with E-state index in [1.807, 2.05) is 12.1 Å². The molecule has 1 aromatic carbocycles. The zero-order valence-electron chi connectivity index (χ0n) is 7.63. The van der Waals surface area contributed by atoms with E-state index in [0.29, 0.717) is 6.54 Å². The van der Waals surface area contributed by atoms with Gasteiger partial charge in [0.05, 0.1) is 14.2 Å². The van der Waals surface area contributed by atoms with Gasteiger partial charge in [-0.25, -0.2) is 0 Å². The van der Waals surface area contributed by atoms with Gasteiger partial charge in [-0.05, 0) is 22.0 Å². The standard InChI is InChI=1S/C9H12BrNO2/c1-12-7-4-3-6(5-11)9(13-2)8(7)10/h3-4H,5,11H2,1-2H3. The molecule has 0 aliphatic heterocycles. The van der Waals surface area contributed by atoms with Crippen molar-refractivity contribution in [2.24, 2.45) is 5.73 Å². The molecule has 1 aromatic rings. The molecular weight excluding hydrogens is 234 g/mol. The summed E-state index contributed by atoms with van der Waals surface area (Å²) in [6.07, 6.45) is 0. The summed E-state index contributed by atoms with van der Waals surface area (Å²) in [5, 5.41) is 0. The van der Waals surface area contributed by atoms with E-state index in [-0.39, 0.29) is 0 Å². The maximum atomic E-state index is 5.54. The fraction of sp³-hybridized carbons (Fsp3) is 0.333. The van der Waals surface area contributed by atoms with Gasteiger partial charge in [0, 0.05) is 12.1 Å². The van der Waals surface area contributed by atoms with Gasteiger partial charge in [-0.3, -0.25) is 0 Å². The van der Waals surface area contributed by atoms with Gasteiger partial charge >= 0.3 is 0 Å². The lowest BCUT2D eigenvalue weighted by Crippen LogP contribution is -2.01. The number of nitrogens with two attached hydrogens (primary N) is 1. The van der Waals surface area contributed by atoms with Gasteiger partial charge in [0.1, 0.15) is 16.0 Å². The van der Waals surface area contributed by atoms with Crippen molar-refractivity contribution in [2.75, 3.05) is 14.2 Å². The van der Waals surface area contributed by atoms with Gasteiger partial charge in [0.25, 0.3) is 0 Å². The Morgan fingerprint density at radius 3 is 2.46 bits per heavy atom. The number of halogens is 1. The summed E-state index contributed by atoms with van der Waals surface area (Å²) in [7, 11) is 3.22. The van der Waals surface area contributed by atoms with Crippen LogP contribution >= 0.6 is 15.9 Å². The van der Waals surface area contributed by atoms with Crippen LogP contribution in [0.15, 0.2) is 16.6 Å². The highest BCUT2D eigenvalue weighted by Crippen LogP contribution is 2.36. The zero-order valence-corrected chi connectivity index (χ0v) is 9.22. The largest absolute Gasteiger partial charge is 0.495 e. The Kier molecular flexibility index (Phi) is 3.57. The van der Waals surface area contributed by atoms with Crippen molar-refractivity contribution >= 4 is 15.9 Å². The van der Waals surface area contributed by atoms with E-state index < -0.39 is 0 Å². The molecule has 0 bridgehead atoms. The second-order valence-electron chi connectivity index (χ2n) is 2.48. The third-order valence-electron chi connectivity index (χ3n) is 1.79. The number of rotatable bonds is 3. The Balaban J connectivity index is 3.23. The molecule has 3 nitrogen and oxygen atoms in total. The molecule has 0 amide bonds. The highest BCUT2D eigenvalue weighted by atomic mass is 79.9. The first-order chi connectivity index (χ1) is 6.24. The molecule has 0 atom stereocenters. The molecule has 0 spiro atoms. The summed E-state index contributed by atoms with van der Waals surface area (Å²) < 4.78 is 11.1. The van der Waals surface area contributed by atoms with Crippen LogP contribution in [-0.4, -0.2) is 14.2 Å². The van der Waals surface area contributed by atoms with Crippen molar-refractivity contribution in [2.45, 2.75) is 6.54 Å². The smallest absolute Gasteiger partial charge is 0.141 e. The van der Waals surface area contributed by atoms with E-state index in [4.69, 9.17) is 15.2 Å². The van der Waals surface area contributed by atoms with Gasteiger partial charge in [0.2, 0.25) is 0 Å². The first-order valence-corrected chi connectivity index (χ1v) is 4.63. The first-order valence-electron chi connectivity index (χ1n) is 3.84. The van der Waals surface area contributed by atoms with Crippen LogP contribution in [-0.2, 0) is 6.54 Å². The van der Waals surface area contributed by atoms with E-state index in [0.717, 1.165) is 21.5 Å². The van der Waals surface area contributed by atoms with Crippen LogP contribution in [0.25, 0.3) is 0 Å². The van der Waals surface area contributed by atoms with E-state index >= 15 is 0 Å². The lowest BCUT2D eigenvalue weighted by molar-refractivity contribution is 0.386. The molecule has 0 aromatic heterocycles. The molecule has 0 heterocycles. The van der Waals surface area contributed by atoms with Crippen molar-refractivity contribution < 1.29 is 9.47 Å². The Morgan fingerprint density at radius 2 is 2.00 bits per heavy atom. The lowest BCUT2D eigenvalue weighted by atomic mass is 10.2. The van der Waals surface area contributed by atoms with E-state index in [9.17, 15) is 0 Å². The maximum absolute atomic E-state index is 5.54. The van der Waals surface area contributed by atoms with Gasteiger partial charge in [-0.1, -0.05) is 6.07 Å². The van der Waals surface area contributed by atoms with Crippen LogP contribution < -0.4 is 15.2 Å². The minimum absolute atomic E-state index is 0.450. The molecule has 0 aliphatic rings. The minimum atomic E-state index is 0.450. The highest BCUT2D eigenvalue weighted by molar-refractivity contribution is 9.10. The fourth-order valence-corrected chi connectivity index (χ4v) is 1.83.